The first-order valence-electron chi connectivity index (χ1n) is 2.75. The first-order chi connectivity index (χ1) is 6.19. The van der Waals surface area contributed by atoms with Gasteiger partial charge in [0.25, 0.3) is 0 Å². The third-order valence-electron chi connectivity index (χ3n) is 0.625. The third kappa shape index (κ3) is 7.94. The van der Waals surface area contributed by atoms with Crippen LogP contribution in [-0.2, 0) is 4.79 Å². The van der Waals surface area contributed by atoms with Gasteiger partial charge in [0.05, 0.1) is 0 Å². The van der Waals surface area contributed by atoms with Crippen molar-refractivity contribution in [3.05, 3.63) is 0 Å². The molecule has 12 heteroatoms. The first-order valence-corrected chi connectivity index (χ1v) is 2.75. The van der Waals surface area contributed by atoms with Crippen LogP contribution in [0.4, 0.5) is 39.2 Å². The van der Waals surface area contributed by atoms with Crippen LogP contribution in [0.1, 0.15) is 0 Å². The van der Waals surface area contributed by atoms with Gasteiger partial charge in [-0.15, -0.1) is 0 Å². The Bertz CT molecular complexity index is 210. The van der Waals surface area contributed by atoms with Crippen molar-refractivity contribution in [1.29, 1.82) is 0 Å². The summed E-state index contributed by atoms with van der Waals surface area (Å²) in [4.78, 5) is 9.20. The molecule has 0 aromatic rings. The number of halogens is 9. The Kier molecular flexibility index (Phi) is 5.03. The van der Waals surface area contributed by atoms with E-state index in [4.69, 9.17) is 5.11 Å². The second-order valence-corrected chi connectivity index (χ2v) is 1.87. The average molecular weight is 251 g/mol. The number of carboxylic acids is 1. The van der Waals surface area contributed by atoms with Crippen LogP contribution in [0.25, 0.3) is 0 Å². The van der Waals surface area contributed by atoms with Gasteiger partial charge in [-0.25, -0.2) is 4.79 Å². The molecule has 92 valence electrons. The zero-order chi connectivity index (χ0) is 13.1. The van der Waals surface area contributed by atoms with Crippen molar-refractivity contribution in [2.75, 3.05) is 0 Å². The van der Waals surface area contributed by atoms with Crippen LogP contribution in [-0.4, -0.2) is 30.4 Å². The van der Waals surface area contributed by atoms with Crippen molar-refractivity contribution in [3.8, 4) is 0 Å². The highest BCUT2D eigenvalue weighted by atomic mass is 19.5. The van der Waals surface area contributed by atoms with Crippen LogP contribution in [0.3, 0.4) is 0 Å². The number of aliphatic carboxylic acids is 1. The van der Waals surface area contributed by atoms with Gasteiger partial charge in [0.1, 0.15) is 0 Å². The van der Waals surface area contributed by atoms with Crippen molar-refractivity contribution in [2.24, 2.45) is 0 Å². The summed E-state index contributed by atoms with van der Waals surface area (Å²) in [5, 5.41) is 7.31. The van der Waals surface area contributed by atoms with E-state index in [1.54, 1.807) is 0 Å². The number of alkyl halides is 5. The number of hydrogen-bond acceptors (Lipinski definition) is 1. The Morgan fingerprint density at radius 3 is 1.13 bits per heavy atom. The van der Waals surface area contributed by atoms with Crippen molar-refractivity contribution in [1.82, 2.24) is 0 Å². The van der Waals surface area contributed by atoms with E-state index in [-0.39, 0.29) is 0 Å². The number of hydrogen-bond donors (Lipinski definition) is 1. The van der Waals surface area contributed by atoms with Crippen molar-refractivity contribution >= 4 is 13.2 Å². The maximum Gasteiger partial charge on any atom is 0.673 e. The molecule has 0 aliphatic carbocycles. The molecule has 0 aliphatic rings. The molecule has 2 nitrogen and oxygen atoms in total. The summed E-state index contributed by atoms with van der Waals surface area (Å²) in [7, 11) is -6.00. The van der Waals surface area contributed by atoms with Gasteiger partial charge in [-0.05, 0) is 0 Å². The summed E-state index contributed by atoms with van der Waals surface area (Å²) in [6, 6.07) is 0. The highest BCUT2D eigenvalue weighted by Crippen LogP contribution is 2.35. The van der Waals surface area contributed by atoms with E-state index >= 15 is 0 Å². The van der Waals surface area contributed by atoms with Crippen molar-refractivity contribution in [3.63, 3.8) is 0 Å². The zero-order valence-electron chi connectivity index (χ0n) is 6.33. The Morgan fingerprint density at radius 1 is 0.933 bits per heavy atom. The monoisotopic (exact) mass is 251 g/mol. The van der Waals surface area contributed by atoms with Crippen LogP contribution >= 0.6 is 0 Å². The molecule has 0 bridgehead atoms. The number of carbonyl (C=O) groups is 1. The molecule has 0 saturated carbocycles. The summed E-state index contributed by atoms with van der Waals surface area (Å²) in [5.74, 6) is -8.84. The number of rotatable bonds is 1. The molecule has 0 aromatic heterocycles. The van der Waals surface area contributed by atoms with E-state index in [1.165, 1.54) is 0 Å². The maximum atomic E-state index is 11.3. The van der Waals surface area contributed by atoms with Crippen LogP contribution in [0.2, 0.25) is 0 Å². The first kappa shape index (κ1) is 16.3. The standard InChI is InChI=1S/C3HF5O2.BF4/c4-2(5,1(9)10)3(6,7)8;2-1(3,4)5/h(H,9,10);/q;-1. The van der Waals surface area contributed by atoms with Gasteiger partial charge in [0.15, 0.2) is 0 Å². The molecule has 1 N–H and O–H groups in total. The van der Waals surface area contributed by atoms with E-state index in [1.807, 2.05) is 0 Å². The average Bonchev–Trinajstić information content (AvgIpc) is 1.79. The molecule has 0 spiro atoms. The Balaban J connectivity index is 0. The van der Waals surface area contributed by atoms with Crippen LogP contribution in [0.15, 0.2) is 0 Å². The Hall–Kier alpha value is -1.10. The molecule has 0 unspecified atom stereocenters. The molecule has 0 atom stereocenters. The van der Waals surface area contributed by atoms with Gasteiger partial charge in [-0.3, -0.25) is 0 Å². The van der Waals surface area contributed by atoms with Gasteiger partial charge < -0.3 is 22.4 Å². The predicted octanol–water partition coefficient (Wildman–Crippen LogP) is 2.57. The fourth-order valence-corrected chi connectivity index (χ4v) is 0.121. The zero-order valence-corrected chi connectivity index (χ0v) is 6.33. The molecule has 15 heavy (non-hydrogen) atoms. The van der Waals surface area contributed by atoms with E-state index in [9.17, 15) is 44.0 Å². The lowest BCUT2D eigenvalue weighted by molar-refractivity contribution is -0.277. The molecule has 0 aromatic carbocycles. The quantitative estimate of drug-likeness (QED) is 0.574. The lowest BCUT2D eigenvalue weighted by Gasteiger charge is -2.13. The summed E-state index contributed by atoms with van der Waals surface area (Å²) in [6.07, 6.45) is -6.02. The summed E-state index contributed by atoms with van der Waals surface area (Å²) < 4.78 is 94.5. The molecule has 0 heterocycles. The van der Waals surface area contributed by atoms with Crippen LogP contribution in [0.5, 0.6) is 0 Å². The number of carboxylic acid groups (broad SMARTS) is 1. The van der Waals surface area contributed by atoms with Gasteiger partial charge >= 0.3 is 25.3 Å². The topological polar surface area (TPSA) is 37.3 Å². The van der Waals surface area contributed by atoms with E-state index in [0.29, 0.717) is 0 Å². The highest BCUT2D eigenvalue weighted by molar-refractivity contribution is 6.50. The Labute approximate surface area is 75.8 Å². The molecule has 0 rings (SSSR count). The minimum absolute atomic E-state index is 3.19. The normalized spacial score (nSPS) is 12.9. The molecule has 0 saturated heterocycles. The van der Waals surface area contributed by atoms with E-state index in [2.05, 4.69) is 0 Å². The van der Waals surface area contributed by atoms with Crippen molar-refractivity contribution < 1.29 is 49.1 Å². The van der Waals surface area contributed by atoms with Crippen LogP contribution in [0, 0.1) is 0 Å². The van der Waals surface area contributed by atoms with Gasteiger partial charge in [-0.2, -0.15) is 22.0 Å². The van der Waals surface area contributed by atoms with Gasteiger partial charge in [-0.1, -0.05) is 0 Å². The second-order valence-electron chi connectivity index (χ2n) is 1.87. The fraction of sp³-hybridized carbons (Fsp3) is 0.667. The van der Waals surface area contributed by atoms with E-state index < -0.39 is 25.3 Å². The van der Waals surface area contributed by atoms with Crippen molar-refractivity contribution in [2.45, 2.75) is 12.1 Å². The summed E-state index contributed by atoms with van der Waals surface area (Å²) in [6.45, 7) is 0. The summed E-state index contributed by atoms with van der Waals surface area (Å²) in [5.41, 5.74) is 0. The third-order valence-corrected chi connectivity index (χ3v) is 0.625. The summed E-state index contributed by atoms with van der Waals surface area (Å²) >= 11 is 0. The lowest BCUT2D eigenvalue weighted by Crippen LogP contribution is -2.43. The van der Waals surface area contributed by atoms with E-state index in [0.717, 1.165) is 0 Å². The predicted molar refractivity (Wildman–Crippen MR) is 28.8 cm³/mol. The smallest absolute Gasteiger partial charge is 0.477 e. The molecular weight excluding hydrogens is 250 g/mol. The van der Waals surface area contributed by atoms with Gasteiger partial charge in [0, 0.05) is 0 Å². The lowest BCUT2D eigenvalue weighted by atomic mass is 10.3. The highest BCUT2D eigenvalue weighted by Gasteiger charge is 2.64. The van der Waals surface area contributed by atoms with Gasteiger partial charge in [0.2, 0.25) is 0 Å². The molecular formula is C3HBF9O2-. The SMILES string of the molecule is F[B-](F)(F)F.O=C(O)C(F)(F)C(F)(F)F. The molecule has 0 aliphatic heterocycles. The minimum atomic E-state index is -6.02. The fourth-order valence-electron chi connectivity index (χ4n) is 0.121. The largest absolute Gasteiger partial charge is 0.673 e. The molecule has 0 amide bonds. The molecule has 0 radical (unpaired) electrons. The minimum Gasteiger partial charge on any atom is -0.477 e. The van der Waals surface area contributed by atoms with Crippen LogP contribution < -0.4 is 0 Å². The maximum absolute atomic E-state index is 11.3. The Morgan fingerprint density at radius 2 is 1.13 bits per heavy atom. The molecule has 0 fully saturated rings. The second kappa shape index (κ2) is 4.62.